The molecule has 130 valence electrons. The first kappa shape index (κ1) is 17.0. The average Bonchev–Trinajstić information content (AvgIpc) is 2.92. The molecule has 2 aromatic carbocycles. The molecule has 0 saturated heterocycles. The van der Waals surface area contributed by atoms with Gasteiger partial charge in [0.25, 0.3) is 0 Å². The van der Waals surface area contributed by atoms with Crippen LogP contribution in [0, 0.1) is 11.8 Å². The highest BCUT2D eigenvalue weighted by molar-refractivity contribution is 6.10. The third-order valence-corrected chi connectivity index (χ3v) is 4.34. The van der Waals surface area contributed by atoms with Gasteiger partial charge in [-0.25, -0.2) is 0 Å². The number of hydrogen-bond donors (Lipinski definition) is 2. The molecule has 0 spiro atoms. The van der Waals surface area contributed by atoms with Gasteiger partial charge in [0.15, 0.2) is 0 Å². The van der Waals surface area contributed by atoms with Crippen molar-refractivity contribution in [2.24, 2.45) is 17.0 Å². The summed E-state index contributed by atoms with van der Waals surface area (Å²) in [4.78, 5) is 11.2. The van der Waals surface area contributed by atoms with E-state index in [9.17, 15) is 15.1 Å². The van der Waals surface area contributed by atoms with Crippen LogP contribution in [-0.4, -0.2) is 22.0 Å². The maximum atomic E-state index is 11.2. The molecule has 2 N–H and O–H groups in total. The Balaban J connectivity index is 2.07. The largest absolute Gasteiger partial charge is 0.481 e. The molecule has 1 unspecified atom stereocenters. The summed E-state index contributed by atoms with van der Waals surface area (Å²) in [6, 6.07) is 13.3. The van der Waals surface area contributed by atoms with Gasteiger partial charge in [0, 0.05) is 22.3 Å². The van der Waals surface area contributed by atoms with E-state index in [2.05, 4.69) is 5.16 Å². The van der Waals surface area contributed by atoms with Crippen LogP contribution in [-0.2, 0) is 4.79 Å². The number of benzene rings is 2. The van der Waals surface area contributed by atoms with E-state index in [-0.39, 0.29) is 12.3 Å². The molecule has 1 heterocycles. The molecule has 5 nitrogen and oxygen atoms in total. The van der Waals surface area contributed by atoms with Gasteiger partial charge in [-0.15, -0.1) is 0 Å². The van der Waals surface area contributed by atoms with E-state index in [1.165, 1.54) is 0 Å². The van der Waals surface area contributed by atoms with Crippen molar-refractivity contribution in [2.75, 3.05) is 0 Å². The lowest BCUT2D eigenvalue weighted by molar-refractivity contribution is -0.137. The van der Waals surface area contributed by atoms with Gasteiger partial charge in [0.05, 0.1) is 12.1 Å². The van der Waals surface area contributed by atoms with Crippen LogP contribution in [0.3, 0.4) is 0 Å². The number of furan rings is 1. The van der Waals surface area contributed by atoms with Crippen molar-refractivity contribution >= 4 is 33.6 Å². The summed E-state index contributed by atoms with van der Waals surface area (Å²) in [5, 5.41) is 24.2. The minimum atomic E-state index is -0.901. The number of hydrogen-bond acceptors (Lipinski definition) is 4. The lowest BCUT2D eigenvalue weighted by Crippen LogP contribution is -2.21. The summed E-state index contributed by atoms with van der Waals surface area (Å²) < 4.78 is 5.81. The van der Waals surface area contributed by atoms with E-state index >= 15 is 0 Å². The monoisotopic (exact) mass is 339 g/mol. The minimum absolute atomic E-state index is 0.0677. The third-order valence-electron chi connectivity index (χ3n) is 4.34. The van der Waals surface area contributed by atoms with Crippen LogP contribution >= 0.6 is 0 Å². The maximum absolute atomic E-state index is 11.2. The van der Waals surface area contributed by atoms with Crippen molar-refractivity contribution in [2.45, 2.75) is 26.7 Å². The molecule has 5 heteroatoms. The van der Waals surface area contributed by atoms with Crippen LogP contribution in [0.2, 0.25) is 0 Å². The first-order chi connectivity index (χ1) is 12.0. The van der Waals surface area contributed by atoms with Gasteiger partial charge >= 0.3 is 5.97 Å². The van der Waals surface area contributed by atoms with Gasteiger partial charge in [0.1, 0.15) is 11.2 Å². The number of nitrogens with zero attached hydrogens (tertiary/aromatic N) is 1. The topological polar surface area (TPSA) is 83.0 Å². The van der Waals surface area contributed by atoms with Crippen molar-refractivity contribution in [3.63, 3.8) is 0 Å². The number of fused-ring (bicyclic) bond motifs is 3. The zero-order chi connectivity index (χ0) is 18.0. The molecule has 0 bridgehead atoms. The van der Waals surface area contributed by atoms with E-state index in [1.54, 1.807) is 0 Å². The zero-order valence-corrected chi connectivity index (χ0v) is 14.3. The number of carbonyl (C=O) groups is 1. The average molecular weight is 339 g/mol. The van der Waals surface area contributed by atoms with Crippen molar-refractivity contribution in [3.05, 3.63) is 48.0 Å². The molecular weight excluding hydrogens is 318 g/mol. The number of carboxylic acid groups (broad SMARTS) is 1. The van der Waals surface area contributed by atoms with Gasteiger partial charge in [-0.1, -0.05) is 37.2 Å². The lowest BCUT2D eigenvalue weighted by atomic mass is 9.86. The summed E-state index contributed by atoms with van der Waals surface area (Å²) in [6.07, 6.45) is 0.567. The molecule has 0 aliphatic carbocycles. The highest BCUT2D eigenvalue weighted by Crippen LogP contribution is 2.31. The lowest BCUT2D eigenvalue weighted by Gasteiger charge is -2.18. The van der Waals surface area contributed by atoms with Gasteiger partial charge in [-0.05, 0) is 36.6 Å². The fourth-order valence-corrected chi connectivity index (χ4v) is 3.33. The predicted molar refractivity (Wildman–Crippen MR) is 97.2 cm³/mol. The quantitative estimate of drug-likeness (QED) is 0.380. The normalized spacial score (nSPS) is 13.6. The number of para-hydroxylation sites is 1. The van der Waals surface area contributed by atoms with Gasteiger partial charge in [-0.3, -0.25) is 4.79 Å². The summed E-state index contributed by atoms with van der Waals surface area (Å²) in [7, 11) is 0. The summed E-state index contributed by atoms with van der Waals surface area (Å²) in [5.41, 5.74) is 2.67. The number of oxime groups is 1. The van der Waals surface area contributed by atoms with E-state index in [0.717, 1.165) is 21.9 Å². The molecular formula is C20H21NO4. The highest BCUT2D eigenvalue weighted by Gasteiger charge is 2.23. The first-order valence-electron chi connectivity index (χ1n) is 8.35. The molecule has 0 fully saturated rings. The molecule has 25 heavy (non-hydrogen) atoms. The molecule has 0 saturated carbocycles. The Kier molecular flexibility index (Phi) is 4.74. The Morgan fingerprint density at radius 2 is 1.84 bits per heavy atom. The fraction of sp³-hybridized carbons (Fsp3) is 0.300. The van der Waals surface area contributed by atoms with Crippen molar-refractivity contribution in [1.82, 2.24) is 0 Å². The molecule has 3 rings (SSSR count). The molecule has 0 amide bonds. The van der Waals surface area contributed by atoms with Crippen LogP contribution in [0.1, 0.15) is 32.3 Å². The Bertz CT molecular complexity index is 939. The van der Waals surface area contributed by atoms with Gasteiger partial charge in [-0.2, -0.15) is 0 Å². The van der Waals surface area contributed by atoms with Crippen LogP contribution in [0.15, 0.2) is 52.0 Å². The SMILES string of the molecule is CC(C)CC(CC(=O)O)/C(=N\O)c1ccc2oc3ccccc3c2c1. The molecule has 0 aliphatic rings. The molecule has 3 aromatic rings. The van der Waals surface area contributed by atoms with E-state index in [0.29, 0.717) is 23.6 Å². The van der Waals surface area contributed by atoms with Gasteiger partial charge < -0.3 is 14.7 Å². The van der Waals surface area contributed by atoms with Crippen LogP contribution in [0.4, 0.5) is 0 Å². The third kappa shape index (κ3) is 3.50. The second-order valence-corrected chi connectivity index (χ2v) is 6.72. The number of carboxylic acids is 1. The highest BCUT2D eigenvalue weighted by atomic mass is 16.4. The Hall–Kier alpha value is -2.82. The summed E-state index contributed by atoms with van der Waals surface area (Å²) >= 11 is 0. The van der Waals surface area contributed by atoms with E-state index in [4.69, 9.17) is 4.42 Å². The predicted octanol–water partition coefficient (Wildman–Crippen LogP) is 4.90. The Morgan fingerprint density at radius 3 is 2.52 bits per heavy atom. The Morgan fingerprint density at radius 1 is 1.12 bits per heavy atom. The van der Waals surface area contributed by atoms with Crippen molar-refractivity contribution in [1.29, 1.82) is 0 Å². The molecule has 0 radical (unpaired) electrons. The smallest absolute Gasteiger partial charge is 0.304 e. The van der Waals surface area contributed by atoms with Crippen LogP contribution in [0.5, 0.6) is 0 Å². The first-order valence-corrected chi connectivity index (χ1v) is 8.35. The molecule has 1 atom stereocenters. The maximum Gasteiger partial charge on any atom is 0.304 e. The number of aliphatic carboxylic acids is 1. The molecule has 1 aromatic heterocycles. The Labute approximate surface area is 145 Å². The van der Waals surface area contributed by atoms with Crippen molar-refractivity contribution in [3.8, 4) is 0 Å². The minimum Gasteiger partial charge on any atom is -0.481 e. The standard InChI is InChI=1S/C20H21NO4/c1-12(2)9-14(11-19(22)23)20(21-24)13-7-8-18-16(10-13)15-5-3-4-6-17(15)25-18/h3-8,10,12,14,24H,9,11H2,1-2H3,(H,22,23)/b21-20-. The second kappa shape index (κ2) is 6.97. The zero-order valence-electron chi connectivity index (χ0n) is 14.3. The van der Waals surface area contributed by atoms with Crippen LogP contribution in [0.25, 0.3) is 21.9 Å². The number of rotatable bonds is 6. The summed E-state index contributed by atoms with van der Waals surface area (Å²) in [5.74, 6) is -0.959. The van der Waals surface area contributed by atoms with Gasteiger partial charge in [0.2, 0.25) is 0 Å². The van der Waals surface area contributed by atoms with Crippen LogP contribution < -0.4 is 0 Å². The van der Waals surface area contributed by atoms with Crippen molar-refractivity contribution < 1.29 is 19.5 Å². The second-order valence-electron chi connectivity index (χ2n) is 6.72. The van der Waals surface area contributed by atoms with E-state index in [1.807, 2.05) is 56.3 Å². The molecule has 0 aliphatic heterocycles. The van der Waals surface area contributed by atoms with E-state index < -0.39 is 5.97 Å². The fourth-order valence-electron chi connectivity index (χ4n) is 3.33. The summed E-state index contributed by atoms with van der Waals surface area (Å²) in [6.45, 7) is 4.05.